The highest BCUT2D eigenvalue weighted by Gasteiger charge is 2.10. The van der Waals surface area contributed by atoms with Crippen molar-refractivity contribution in [2.45, 2.75) is 6.92 Å². The number of carbonyl (C=O) groups is 1. The van der Waals surface area contributed by atoms with Gasteiger partial charge in [0, 0.05) is 11.4 Å². The topological polar surface area (TPSA) is 73.0 Å². The second-order valence-electron chi connectivity index (χ2n) is 4.30. The molecule has 1 amide bonds. The van der Waals surface area contributed by atoms with Gasteiger partial charge >= 0.3 is 0 Å². The number of furan rings is 1. The zero-order valence-electron chi connectivity index (χ0n) is 10.8. The second-order valence-corrected chi connectivity index (χ2v) is 4.30. The molecule has 3 aromatic rings. The Bertz CT molecular complexity index is 718. The van der Waals surface area contributed by atoms with E-state index in [9.17, 15) is 4.79 Å². The zero-order valence-corrected chi connectivity index (χ0v) is 10.8. The van der Waals surface area contributed by atoms with Crippen LogP contribution in [-0.2, 0) is 0 Å². The number of benzene rings is 1. The lowest BCUT2D eigenvalue weighted by atomic mass is 10.1. The third-order valence-corrected chi connectivity index (χ3v) is 2.92. The van der Waals surface area contributed by atoms with Gasteiger partial charge in [-0.15, -0.1) is 10.2 Å². The number of hydrogen-bond donors (Lipinski definition) is 1. The lowest BCUT2D eigenvalue weighted by Crippen LogP contribution is -2.12. The largest absolute Gasteiger partial charge is 0.459 e. The summed E-state index contributed by atoms with van der Waals surface area (Å²) in [7, 11) is 0. The molecule has 2 heterocycles. The molecule has 0 spiro atoms. The summed E-state index contributed by atoms with van der Waals surface area (Å²) < 4.78 is 6.85. The van der Waals surface area contributed by atoms with Crippen LogP contribution in [0.5, 0.6) is 0 Å². The molecule has 0 aliphatic rings. The molecule has 1 aromatic carbocycles. The van der Waals surface area contributed by atoms with Crippen LogP contribution in [0.4, 0.5) is 5.69 Å². The molecule has 0 aliphatic carbocycles. The highest BCUT2D eigenvalue weighted by molar-refractivity contribution is 6.02. The number of hydrogen-bond acceptors (Lipinski definition) is 4. The third kappa shape index (κ3) is 2.31. The van der Waals surface area contributed by atoms with E-state index in [0.717, 1.165) is 16.9 Å². The molecule has 3 rings (SSSR count). The number of aromatic nitrogens is 3. The van der Waals surface area contributed by atoms with E-state index in [1.807, 2.05) is 25.1 Å². The van der Waals surface area contributed by atoms with Gasteiger partial charge in [0.2, 0.25) is 0 Å². The van der Waals surface area contributed by atoms with Crippen LogP contribution >= 0.6 is 0 Å². The predicted molar refractivity (Wildman–Crippen MR) is 72.8 cm³/mol. The Hall–Kier alpha value is -2.89. The number of anilines is 1. The first-order chi connectivity index (χ1) is 9.74. The van der Waals surface area contributed by atoms with Crippen molar-refractivity contribution in [3.05, 3.63) is 60.6 Å². The summed E-state index contributed by atoms with van der Waals surface area (Å²) in [6.45, 7) is 1.92. The monoisotopic (exact) mass is 268 g/mol. The highest BCUT2D eigenvalue weighted by Crippen LogP contribution is 2.19. The molecule has 6 heteroatoms. The smallest absolute Gasteiger partial charge is 0.291 e. The van der Waals surface area contributed by atoms with Gasteiger partial charge in [-0.3, -0.25) is 9.36 Å². The van der Waals surface area contributed by atoms with Gasteiger partial charge in [0.25, 0.3) is 5.91 Å². The first kappa shape index (κ1) is 12.2. The molecular formula is C14H12N4O2. The molecule has 0 saturated heterocycles. The van der Waals surface area contributed by atoms with E-state index >= 15 is 0 Å². The number of nitrogens with one attached hydrogen (secondary N) is 1. The molecule has 1 N–H and O–H groups in total. The maximum absolute atomic E-state index is 11.9. The molecule has 2 aromatic heterocycles. The maximum Gasteiger partial charge on any atom is 0.291 e. The van der Waals surface area contributed by atoms with E-state index in [1.165, 1.54) is 6.26 Å². The minimum atomic E-state index is -0.268. The summed E-state index contributed by atoms with van der Waals surface area (Å²) in [5, 5.41) is 10.3. The van der Waals surface area contributed by atoms with Gasteiger partial charge in [-0.2, -0.15) is 0 Å². The Morgan fingerprint density at radius 2 is 2.05 bits per heavy atom. The average molecular weight is 268 g/mol. The maximum atomic E-state index is 11.9. The van der Waals surface area contributed by atoms with Crippen molar-refractivity contribution in [1.29, 1.82) is 0 Å². The van der Waals surface area contributed by atoms with Crippen molar-refractivity contribution in [2.75, 3.05) is 5.32 Å². The summed E-state index contributed by atoms with van der Waals surface area (Å²) in [6, 6.07) is 8.97. The minimum absolute atomic E-state index is 0.268. The fraction of sp³-hybridized carbons (Fsp3) is 0.0714. The number of aryl methyl sites for hydroxylation is 1. The summed E-state index contributed by atoms with van der Waals surface area (Å²) in [4.78, 5) is 11.9. The average Bonchev–Trinajstić information content (AvgIpc) is 3.14. The van der Waals surface area contributed by atoms with Crippen LogP contribution in [0, 0.1) is 6.92 Å². The van der Waals surface area contributed by atoms with Gasteiger partial charge in [-0.25, -0.2) is 0 Å². The quantitative estimate of drug-likeness (QED) is 0.791. The predicted octanol–water partition coefficient (Wildman–Crippen LogP) is 2.42. The normalized spacial score (nSPS) is 10.4. The van der Waals surface area contributed by atoms with Crippen LogP contribution < -0.4 is 5.32 Å². The van der Waals surface area contributed by atoms with Gasteiger partial charge < -0.3 is 9.73 Å². The molecule has 0 fully saturated rings. The van der Waals surface area contributed by atoms with Crippen LogP contribution in [0.3, 0.4) is 0 Å². The summed E-state index contributed by atoms with van der Waals surface area (Å²) in [6.07, 6.45) is 4.71. The van der Waals surface area contributed by atoms with Gasteiger partial charge in [-0.1, -0.05) is 0 Å². The molecule has 0 atom stereocenters. The van der Waals surface area contributed by atoms with Crippen LogP contribution in [-0.4, -0.2) is 20.7 Å². The number of rotatable bonds is 3. The molecular weight excluding hydrogens is 256 g/mol. The molecule has 0 radical (unpaired) electrons. The molecule has 0 aliphatic heterocycles. The van der Waals surface area contributed by atoms with Crippen molar-refractivity contribution in [3.63, 3.8) is 0 Å². The second kappa shape index (κ2) is 5.00. The van der Waals surface area contributed by atoms with Gasteiger partial charge in [0.1, 0.15) is 12.7 Å². The molecule has 0 saturated carbocycles. The number of amides is 1. The Morgan fingerprint density at radius 1 is 1.25 bits per heavy atom. The van der Waals surface area contributed by atoms with Crippen LogP contribution in [0.1, 0.15) is 16.1 Å². The van der Waals surface area contributed by atoms with E-state index in [0.29, 0.717) is 0 Å². The molecule has 100 valence electrons. The number of nitrogens with zero attached hydrogens (tertiary/aromatic N) is 3. The van der Waals surface area contributed by atoms with Gasteiger partial charge in [0.15, 0.2) is 5.76 Å². The lowest BCUT2D eigenvalue weighted by molar-refractivity contribution is 0.0996. The van der Waals surface area contributed by atoms with E-state index in [1.54, 1.807) is 29.4 Å². The van der Waals surface area contributed by atoms with Crippen molar-refractivity contribution in [3.8, 4) is 5.69 Å². The SMILES string of the molecule is Cc1cc(-n2cnnc2)ccc1NC(=O)c1ccco1. The third-order valence-electron chi connectivity index (χ3n) is 2.92. The molecule has 20 heavy (non-hydrogen) atoms. The lowest BCUT2D eigenvalue weighted by Gasteiger charge is -2.09. The van der Waals surface area contributed by atoms with E-state index < -0.39 is 0 Å². The van der Waals surface area contributed by atoms with Crippen molar-refractivity contribution < 1.29 is 9.21 Å². The Kier molecular flexibility index (Phi) is 3.04. The molecule has 6 nitrogen and oxygen atoms in total. The van der Waals surface area contributed by atoms with E-state index in [2.05, 4.69) is 15.5 Å². The standard InChI is InChI=1S/C14H12N4O2/c1-10-7-11(18-8-15-16-9-18)4-5-12(10)17-14(19)13-3-2-6-20-13/h2-9H,1H3,(H,17,19). The molecule has 0 unspecified atom stereocenters. The first-order valence-corrected chi connectivity index (χ1v) is 6.04. The summed E-state index contributed by atoms with van der Waals surface area (Å²) in [5.41, 5.74) is 2.61. The van der Waals surface area contributed by atoms with E-state index in [4.69, 9.17) is 4.42 Å². The summed E-state index contributed by atoms with van der Waals surface area (Å²) >= 11 is 0. The minimum Gasteiger partial charge on any atom is -0.459 e. The molecule has 0 bridgehead atoms. The highest BCUT2D eigenvalue weighted by atomic mass is 16.3. The van der Waals surface area contributed by atoms with E-state index in [-0.39, 0.29) is 11.7 Å². The Balaban J connectivity index is 1.83. The zero-order chi connectivity index (χ0) is 13.9. The van der Waals surface area contributed by atoms with Crippen LogP contribution in [0.25, 0.3) is 5.69 Å². The summed E-state index contributed by atoms with van der Waals surface area (Å²) in [5.74, 6) is 0.0161. The van der Waals surface area contributed by atoms with Crippen molar-refractivity contribution >= 4 is 11.6 Å². The first-order valence-electron chi connectivity index (χ1n) is 6.04. The van der Waals surface area contributed by atoms with Crippen LogP contribution in [0.15, 0.2) is 53.7 Å². The Labute approximate surface area is 115 Å². The van der Waals surface area contributed by atoms with Gasteiger partial charge in [-0.05, 0) is 42.8 Å². The fourth-order valence-corrected chi connectivity index (χ4v) is 1.87. The van der Waals surface area contributed by atoms with Crippen molar-refractivity contribution in [2.24, 2.45) is 0 Å². The van der Waals surface area contributed by atoms with Gasteiger partial charge in [0.05, 0.1) is 6.26 Å². The fourth-order valence-electron chi connectivity index (χ4n) is 1.87. The van der Waals surface area contributed by atoms with Crippen molar-refractivity contribution in [1.82, 2.24) is 14.8 Å². The Morgan fingerprint density at radius 3 is 2.70 bits per heavy atom. The number of carbonyl (C=O) groups excluding carboxylic acids is 1. The van der Waals surface area contributed by atoms with Crippen LogP contribution in [0.2, 0.25) is 0 Å².